The molecule has 1 aliphatic carbocycles. The van der Waals surface area contributed by atoms with Gasteiger partial charge in [-0.25, -0.2) is 4.39 Å². The van der Waals surface area contributed by atoms with Crippen molar-refractivity contribution in [3.05, 3.63) is 63.9 Å². The second kappa shape index (κ2) is 7.32. The Morgan fingerprint density at radius 2 is 1.81 bits per heavy atom. The molecule has 4 nitrogen and oxygen atoms in total. The molecule has 1 saturated carbocycles. The molecule has 2 aliphatic rings. The number of nitriles is 1. The summed E-state index contributed by atoms with van der Waals surface area (Å²) < 4.78 is 14.9. The summed E-state index contributed by atoms with van der Waals surface area (Å²) in [5, 5.41) is 9.22. The third-order valence-corrected chi connectivity index (χ3v) is 5.97. The highest BCUT2D eigenvalue weighted by atomic mass is 79.9. The number of hydrogen-bond acceptors (Lipinski definition) is 3. The van der Waals surface area contributed by atoms with Crippen molar-refractivity contribution in [2.24, 2.45) is 5.92 Å². The van der Waals surface area contributed by atoms with Crippen LogP contribution >= 0.6 is 15.9 Å². The van der Waals surface area contributed by atoms with Gasteiger partial charge in [-0.2, -0.15) is 5.26 Å². The third-order valence-electron chi connectivity index (χ3n) is 5.44. The monoisotopic (exact) mass is 427 g/mol. The number of carbonyl (C=O) groups is 1. The summed E-state index contributed by atoms with van der Waals surface area (Å²) in [5.41, 5.74) is 1.91. The number of benzene rings is 2. The Balaban J connectivity index is 1.37. The smallest absolute Gasteiger partial charge is 0.226 e. The van der Waals surface area contributed by atoms with Gasteiger partial charge >= 0.3 is 0 Å². The van der Waals surface area contributed by atoms with Crippen LogP contribution in [0.4, 0.5) is 10.1 Å². The second-order valence-electron chi connectivity index (χ2n) is 7.06. The Labute approximate surface area is 166 Å². The predicted molar refractivity (Wildman–Crippen MR) is 105 cm³/mol. The molecule has 4 rings (SSSR count). The van der Waals surface area contributed by atoms with E-state index in [1.807, 2.05) is 28.0 Å². The minimum Gasteiger partial charge on any atom is -0.367 e. The standard InChI is InChI=1S/C21H19BrFN3O/c22-15-6-4-14(5-7-15)16-12-17(16)21(27)26-10-8-25(9-11-26)20-3-1-2-19(23)18(20)13-24/h1-7,16-17H,8-12H2. The Bertz CT molecular complexity index is 901. The van der Waals surface area contributed by atoms with E-state index in [1.165, 1.54) is 11.6 Å². The topological polar surface area (TPSA) is 47.3 Å². The maximum absolute atomic E-state index is 13.8. The van der Waals surface area contributed by atoms with Crippen LogP contribution in [0.2, 0.25) is 0 Å². The fraction of sp³-hybridized carbons (Fsp3) is 0.333. The molecule has 27 heavy (non-hydrogen) atoms. The number of carbonyl (C=O) groups excluding carboxylic acids is 1. The van der Waals surface area contributed by atoms with Gasteiger partial charge in [0.15, 0.2) is 0 Å². The van der Waals surface area contributed by atoms with E-state index in [0.717, 1.165) is 10.9 Å². The van der Waals surface area contributed by atoms with Crippen molar-refractivity contribution in [1.82, 2.24) is 4.90 Å². The molecule has 1 amide bonds. The maximum Gasteiger partial charge on any atom is 0.226 e. The van der Waals surface area contributed by atoms with E-state index in [1.54, 1.807) is 12.1 Å². The average molecular weight is 428 g/mol. The largest absolute Gasteiger partial charge is 0.367 e. The van der Waals surface area contributed by atoms with Crippen molar-refractivity contribution in [3.8, 4) is 6.07 Å². The normalized spacial score (nSPS) is 21.7. The first-order valence-electron chi connectivity index (χ1n) is 9.06. The summed E-state index contributed by atoms with van der Waals surface area (Å²) in [6, 6.07) is 14.8. The SMILES string of the molecule is N#Cc1c(F)cccc1N1CCN(C(=O)C2CC2c2ccc(Br)cc2)CC1. The first-order chi connectivity index (χ1) is 13.1. The number of piperazine rings is 1. The first-order valence-corrected chi connectivity index (χ1v) is 9.85. The van der Waals surface area contributed by atoms with Gasteiger partial charge in [0.25, 0.3) is 0 Å². The quantitative estimate of drug-likeness (QED) is 0.745. The maximum atomic E-state index is 13.8. The average Bonchev–Trinajstić information content (AvgIpc) is 3.49. The summed E-state index contributed by atoms with van der Waals surface area (Å²) in [5.74, 6) is 0.102. The van der Waals surface area contributed by atoms with Crippen LogP contribution in [-0.2, 0) is 4.79 Å². The Kier molecular flexibility index (Phi) is 4.88. The van der Waals surface area contributed by atoms with Crippen molar-refractivity contribution in [2.45, 2.75) is 12.3 Å². The molecule has 2 aromatic rings. The fourth-order valence-electron chi connectivity index (χ4n) is 3.84. The Morgan fingerprint density at radius 3 is 2.48 bits per heavy atom. The minimum atomic E-state index is -0.496. The van der Waals surface area contributed by atoms with Crippen LogP contribution in [0.5, 0.6) is 0 Å². The van der Waals surface area contributed by atoms with E-state index in [0.29, 0.717) is 37.8 Å². The van der Waals surface area contributed by atoms with Crippen LogP contribution in [0.1, 0.15) is 23.5 Å². The third kappa shape index (κ3) is 3.57. The van der Waals surface area contributed by atoms with E-state index < -0.39 is 5.82 Å². The van der Waals surface area contributed by atoms with Crippen molar-refractivity contribution < 1.29 is 9.18 Å². The first kappa shape index (κ1) is 18.0. The number of nitrogens with zero attached hydrogens (tertiary/aromatic N) is 3. The molecule has 1 heterocycles. The van der Waals surface area contributed by atoms with E-state index >= 15 is 0 Å². The molecular formula is C21H19BrFN3O. The Morgan fingerprint density at radius 1 is 1.11 bits per heavy atom. The van der Waals surface area contributed by atoms with Gasteiger partial charge in [0.2, 0.25) is 5.91 Å². The number of hydrogen-bond donors (Lipinski definition) is 0. The molecule has 6 heteroatoms. The summed E-state index contributed by atoms with van der Waals surface area (Å²) in [4.78, 5) is 16.7. The van der Waals surface area contributed by atoms with Gasteiger partial charge in [-0.3, -0.25) is 4.79 Å². The van der Waals surface area contributed by atoms with E-state index in [2.05, 4.69) is 28.1 Å². The van der Waals surface area contributed by atoms with Gasteiger partial charge in [-0.1, -0.05) is 34.1 Å². The zero-order valence-electron chi connectivity index (χ0n) is 14.7. The fourth-order valence-corrected chi connectivity index (χ4v) is 4.10. The lowest BCUT2D eigenvalue weighted by atomic mass is 10.1. The summed E-state index contributed by atoms with van der Waals surface area (Å²) in [6.45, 7) is 2.42. The predicted octanol–water partition coefficient (Wildman–Crippen LogP) is 3.91. The second-order valence-corrected chi connectivity index (χ2v) is 7.97. The van der Waals surface area contributed by atoms with Gasteiger partial charge in [0.1, 0.15) is 17.4 Å². The molecular weight excluding hydrogens is 409 g/mol. The van der Waals surface area contributed by atoms with Gasteiger partial charge in [-0.15, -0.1) is 0 Å². The van der Waals surface area contributed by atoms with Crippen molar-refractivity contribution >= 4 is 27.5 Å². The van der Waals surface area contributed by atoms with Crippen LogP contribution in [-0.4, -0.2) is 37.0 Å². The van der Waals surface area contributed by atoms with Crippen molar-refractivity contribution in [2.75, 3.05) is 31.1 Å². The molecule has 2 fully saturated rings. The van der Waals surface area contributed by atoms with E-state index in [4.69, 9.17) is 0 Å². The molecule has 0 spiro atoms. The molecule has 2 atom stereocenters. The van der Waals surface area contributed by atoms with Crippen molar-refractivity contribution in [1.29, 1.82) is 5.26 Å². The highest BCUT2D eigenvalue weighted by molar-refractivity contribution is 9.10. The van der Waals surface area contributed by atoms with Crippen molar-refractivity contribution in [3.63, 3.8) is 0 Å². The summed E-state index contributed by atoms with van der Waals surface area (Å²) in [6.07, 6.45) is 0.906. The lowest BCUT2D eigenvalue weighted by Crippen LogP contribution is -2.49. The number of halogens is 2. The lowest BCUT2D eigenvalue weighted by molar-refractivity contribution is -0.132. The minimum absolute atomic E-state index is 0.0709. The zero-order valence-corrected chi connectivity index (χ0v) is 16.3. The molecule has 1 saturated heterocycles. The molecule has 2 unspecified atom stereocenters. The number of amides is 1. The highest BCUT2D eigenvalue weighted by Gasteiger charge is 2.46. The molecule has 0 aromatic heterocycles. The number of rotatable bonds is 3. The molecule has 0 radical (unpaired) electrons. The van der Waals surface area contributed by atoms with Crippen LogP contribution < -0.4 is 4.90 Å². The number of anilines is 1. The summed E-state index contributed by atoms with van der Waals surface area (Å²) in [7, 11) is 0. The van der Waals surface area contributed by atoms with E-state index in [9.17, 15) is 14.4 Å². The van der Waals surface area contributed by atoms with Crippen LogP contribution in [0, 0.1) is 23.1 Å². The molecule has 2 aromatic carbocycles. The van der Waals surface area contributed by atoms with Gasteiger partial charge in [0.05, 0.1) is 5.69 Å². The molecule has 0 bridgehead atoms. The van der Waals surface area contributed by atoms with E-state index in [-0.39, 0.29) is 17.4 Å². The van der Waals surface area contributed by atoms with Gasteiger partial charge < -0.3 is 9.80 Å². The summed E-state index contributed by atoms with van der Waals surface area (Å²) >= 11 is 3.44. The lowest BCUT2D eigenvalue weighted by Gasteiger charge is -2.36. The zero-order chi connectivity index (χ0) is 19.0. The van der Waals surface area contributed by atoms with Gasteiger partial charge in [-0.05, 0) is 42.2 Å². The highest BCUT2D eigenvalue weighted by Crippen LogP contribution is 2.48. The van der Waals surface area contributed by atoms with Crippen LogP contribution in [0.25, 0.3) is 0 Å². The molecule has 138 valence electrons. The van der Waals surface area contributed by atoms with Gasteiger partial charge in [0, 0.05) is 36.6 Å². The molecule has 0 N–H and O–H groups in total. The molecule has 1 aliphatic heterocycles. The van der Waals surface area contributed by atoms with Crippen LogP contribution in [0.3, 0.4) is 0 Å². The van der Waals surface area contributed by atoms with Crippen LogP contribution in [0.15, 0.2) is 46.9 Å². The Hall–Kier alpha value is -2.39.